The van der Waals surface area contributed by atoms with Crippen LogP contribution in [-0.2, 0) is 0 Å². The summed E-state index contributed by atoms with van der Waals surface area (Å²) in [4.78, 5) is 14.1. The highest BCUT2D eigenvalue weighted by Gasteiger charge is 2.40. The van der Waals surface area contributed by atoms with Crippen molar-refractivity contribution in [1.82, 2.24) is 4.90 Å². The number of nitrogens with zero attached hydrogens (tertiary/aromatic N) is 2. The molecule has 22 heavy (non-hydrogen) atoms. The van der Waals surface area contributed by atoms with Crippen molar-refractivity contribution in [3.63, 3.8) is 0 Å². The Balaban J connectivity index is 2.18. The summed E-state index contributed by atoms with van der Waals surface area (Å²) >= 11 is 0. The molecule has 2 rings (SSSR count). The molecule has 118 valence electrons. The van der Waals surface area contributed by atoms with E-state index in [1.807, 2.05) is 13.8 Å². The van der Waals surface area contributed by atoms with Gasteiger partial charge in [-0.1, -0.05) is 13.8 Å². The van der Waals surface area contributed by atoms with Gasteiger partial charge in [-0.25, -0.2) is 0 Å². The normalized spacial score (nSPS) is 20.5. The van der Waals surface area contributed by atoms with Crippen molar-refractivity contribution in [2.24, 2.45) is 5.41 Å². The standard InChI is InChI=1S/C16H18F2N2O2/c1-16(2)8-3-9-20(13(16)10-19)14(21)11-4-6-12(7-5-11)22-15(17)18/h4-7,13,15H,3,8-9H2,1-2H3. The molecule has 0 aromatic heterocycles. The summed E-state index contributed by atoms with van der Waals surface area (Å²) in [6, 6.07) is 7.26. The Morgan fingerprint density at radius 3 is 2.59 bits per heavy atom. The number of piperidine rings is 1. The molecule has 1 aromatic carbocycles. The number of alkyl halides is 2. The molecule has 0 N–H and O–H groups in total. The van der Waals surface area contributed by atoms with Crippen molar-refractivity contribution < 1.29 is 18.3 Å². The molecule has 1 aromatic rings. The summed E-state index contributed by atoms with van der Waals surface area (Å²) in [5, 5.41) is 9.39. The highest BCUT2D eigenvalue weighted by atomic mass is 19.3. The third kappa shape index (κ3) is 3.35. The maximum absolute atomic E-state index is 12.6. The summed E-state index contributed by atoms with van der Waals surface area (Å²) in [7, 11) is 0. The van der Waals surface area contributed by atoms with Crippen LogP contribution in [0, 0.1) is 16.7 Å². The summed E-state index contributed by atoms with van der Waals surface area (Å²) < 4.78 is 28.5. The van der Waals surface area contributed by atoms with E-state index < -0.39 is 12.7 Å². The molecular formula is C16H18F2N2O2. The van der Waals surface area contributed by atoms with Crippen LogP contribution in [0.2, 0.25) is 0 Å². The highest BCUT2D eigenvalue weighted by molar-refractivity contribution is 5.94. The summed E-state index contributed by atoms with van der Waals surface area (Å²) in [6.07, 6.45) is 1.72. The van der Waals surface area contributed by atoms with Crippen LogP contribution in [0.5, 0.6) is 5.75 Å². The van der Waals surface area contributed by atoms with Crippen molar-refractivity contribution in [3.8, 4) is 11.8 Å². The van der Waals surface area contributed by atoms with E-state index in [1.165, 1.54) is 24.3 Å². The van der Waals surface area contributed by atoms with Crippen molar-refractivity contribution in [2.75, 3.05) is 6.54 Å². The molecule has 1 unspecified atom stereocenters. The predicted molar refractivity (Wildman–Crippen MR) is 76.5 cm³/mol. The number of carbonyl (C=O) groups excluding carboxylic acids is 1. The lowest BCUT2D eigenvalue weighted by Crippen LogP contribution is -2.51. The monoisotopic (exact) mass is 308 g/mol. The second kappa shape index (κ2) is 6.30. The van der Waals surface area contributed by atoms with E-state index in [-0.39, 0.29) is 17.1 Å². The molecule has 0 aliphatic carbocycles. The third-order valence-corrected chi connectivity index (χ3v) is 3.98. The molecule has 1 aliphatic rings. The first-order valence-electron chi connectivity index (χ1n) is 7.10. The summed E-state index contributed by atoms with van der Waals surface area (Å²) in [5.74, 6) is -0.259. The van der Waals surface area contributed by atoms with E-state index in [9.17, 15) is 18.8 Å². The predicted octanol–water partition coefficient (Wildman–Crippen LogP) is 3.44. The Kier molecular flexibility index (Phi) is 4.65. The lowest BCUT2D eigenvalue weighted by atomic mass is 9.77. The largest absolute Gasteiger partial charge is 0.435 e. The van der Waals surface area contributed by atoms with E-state index in [1.54, 1.807) is 4.90 Å². The molecular weight excluding hydrogens is 290 g/mol. The molecule has 0 spiro atoms. The van der Waals surface area contributed by atoms with Gasteiger partial charge in [0.1, 0.15) is 11.8 Å². The fourth-order valence-corrected chi connectivity index (χ4v) is 2.80. The van der Waals surface area contributed by atoms with Crippen LogP contribution in [0.3, 0.4) is 0 Å². The number of ether oxygens (including phenoxy) is 1. The number of nitriles is 1. The minimum atomic E-state index is -2.90. The van der Waals surface area contributed by atoms with Crippen LogP contribution in [0.25, 0.3) is 0 Å². The molecule has 1 heterocycles. The molecule has 0 bridgehead atoms. The summed E-state index contributed by atoms with van der Waals surface area (Å²) in [6.45, 7) is 1.57. The van der Waals surface area contributed by atoms with Gasteiger partial charge >= 0.3 is 6.61 Å². The zero-order valence-electron chi connectivity index (χ0n) is 12.6. The number of hydrogen-bond donors (Lipinski definition) is 0. The molecule has 1 fully saturated rings. The Morgan fingerprint density at radius 2 is 2.05 bits per heavy atom. The van der Waals surface area contributed by atoms with Crippen molar-refractivity contribution >= 4 is 5.91 Å². The number of amides is 1. The van der Waals surface area contributed by atoms with Gasteiger partial charge in [0, 0.05) is 12.1 Å². The van der Waals surface area contributed by atoms with Gasteiger partial charge in [-0.15, -0.1) is 0 Å². The van der Waals surface area contributed by atoms with Gasteiger partial charge in [-0.05, 0) is 42.5 Å². The second-order valence-electron chi connectivity index (χ2n) is 6.03. The quantitative estimate of drug-likeness (QED) is 0.859. The van der Waals surface area contributed by atoms with Crippen LogP contribution in [-0.4, -0.2) is 30.0 Å². The van der Waals surface area contributed by atoms with Gasteiger partial charge in [0.05, 0.1) is 6.07 Å². The van der Waals surface area contributed by atoms with Gasteiger partial charge in [-0.3, -0.25) is 4.79 Å². The molecule has 1 amide bonds. The van der Waals surface area contributed by atoms with E-state index >= 15 is 0 Å². The SMILES string of the molecule is CC1(C)CCCN(C(=O)c2ccc(OC(F)F)cc2)C1C#N. The number of hydrogen-bond acceptors (Lipinski definition) is 3. The average molecular weight is 308 g/mol. The smallest absolute Gasteiger partial charge is 0.387 e. The molecule has 0 saturated carbocycles. The van der Waals surface area contributed by atoms with Crippen LogP contribution in [0.4, 0.5) is 8.78 Å². The zero-order valence-corrected chi connectivity index (χ0v) is 12.6. The van der Waals surface area contributed by atoms with E-state index in [0.29, 0.717) is 12.1 Å². The first kappa shape index (κ1) is 16.2. The fourth-order valence-electron chi connectivity index (χ4n) is 2.80. The van der Waals surface area contributed by atoms with Crippen LogP contribution < -0.4 is 4.74 Å². The van der Waals surface area contributed by atoms with Crippen LogP contribution in [0.1, 0.15) is 37.0 Å². The van der Waals surface area contributed by atoms with Crippen molar-refractivity contribution in [2.45, 2.75) is 39.3 Å². The molecule has 6 heteroatoms. The van der Waals surface area contributed by atoms with E-state index in [2.05, 4.69) is 10.8 Å². The minimum Gasteiger partial charge on any atom is -0.435 e. The molecule has 0 radical (unpaired) electrons. The van der Waals surface area contributed by atoms with Gasteiger partial charge in [-0.2, -0.15) is 14.0 Å². The Morgan fingerprint density at radius 1 is 1.41 bits per heavy atom. The maximum Gasteiger partial charge on any atom is 0.387 e. The molecule has 4 nitrogen and oxygen atoms in total. The first-order chi connectivity index (χ1) is 10.3. The van der Waals surface area contributed by atoms with Crippen LogP contribution in [0.15, 0.2) is 24.3 Å². The molecule has 1 saturated heterocycles. The average Bonchev–Trinajstić information content (AvgIpc) is 2.45. The van der Waals surface area contributed by atoms with E-state index in [0.717, 1.165) is 12.8 Å². The number of halogens is 2. The van der Waals surface area contributed by atoms with Gasteiger partial charge < -0.3 is 9.64 Å². The van der Waals surface area contributed by atoms with Gasteiger partial charge in [0.2, 0.25) is 0 Å². The van der Waals surface area contributed by atoms with Crippen molar-refractivity contribution in [1.29, 1.82) is 5.26 Å². The summed E-state index contributed by atoms with van der Waals surface area (Å²) in [5.41, 5.74) is 0.0982. The lowest BCUT2D eigenvalue weighted by Gasteiger charge is -2.42. The number of carbonyl (C=O) groups is 1. The lowest BCUT2D eigenvalue weighted by molar-refractivity contribution is -0.0498. The topological polar surface area (TPSA) is 53.3 Å². The molecule has 1 aliphatic heterocycles. The second-order valence-corrected chi connectivity index (χ2v) is 6.03. The fraction of sp³-hybridized carbons (Fsp3) is 0.500. The minimum absolute atomic E-state index is 0.00218. The number of benzene rings is 1. The van der Waals surface area contributed by atoms with E-state index in [4.69, 9.17) is 0 Å². The number of likely N-dealkylation sites (tertiary alicyclic amines) is 1. The Labute approximate surface area is 128 Å². The number of rotatable bonds is 3. The molecule has 1 atom stereocenters. The first-order valence-corrected chi connectivity index (χ1v) is 7.10. The third-order valence-electron chi connectivity index (χ3n) is 3.98. The maximum atomic E-state index is 12.6. The zero-order chi connectivity index (χ0) is 16.3. The highest BCUT2D eigenvalue weighted by Crippen LogP contribution is 2.35. The van der Waals surface area contributed by atoms with Crippen molar-refractivity contribution in [3.05, 3.63) is 29.8 Å². The van der Waals surface area contributed by atoms with Crippen LogP contribution >= 0.6 is 0 Å². The van der Waals surface area contributed by atoms with Gasteiger partial charge in [0.15, 0.2) is 0 Å². The Hall–Kier alpha value is -2.16. The van der Waals surface area contributed by atoms with Gasteiger partial charge in [0.25, 0.3) is 5.91 Å². The Bertz CT molecular complexity index is 579.